The molecule has 3 heterocycles. The summed E-state index contributed by atoms with van der Waals surface area (Å²) in [6.45, 7) is 4.81. The van der Waals surface area contributed by atoms with Crippen molar-refractivity contribution < 1.29 is 26.4 Å². The summed E-state index contributed by atoms with van der Waals surface area (Å²) < 4.78 is 65.8. The molecule has 0 aliphatic rings. The third-order valence-corrected chi connectivity index (χ3v) is 6.42. The summed E-state index contributed by atoms with van der Waals surface area (Å²) in [5.41, 5.74) is -1.06. The van der Waals surface area contributed by atoms with E-state index in [0.717, 1.165) is 6.07 Å². The molecule has 0 aliphatic carbocycles. The lowest BCUT2D eigenvalue weighted by molar-refractivity contribution is -0.141. The number of imidazole rings is 1. The van der Waals surface area contributed by atoms with Gasteiger partial charge in [-0.15, -0.1) is 10.2 Å². The number of alkyl halides is 3. The number of carbonyl (C=O) groups is 1. The fourth-order valence-electron chi connectivity index (χ4n) is 3.07. The van der Waals surface area contributed by atoms with Crippen molar-refractivity contribution in [2.75, 3.05) is 17.2 Å². The van der Waals surface area contributed by atoms with Crippen molar-refractivity contribution in [3.63, 3.8) is 0 Å². The average molecular weight is 456 g/mol. The molecule has 0 N–H and O–H groups in total. The summed E-state index contributed by atoms with van der Waals surface area (Å²) in [7, 11) is -2.35. The third-order valence-electron chi connectivity index (χ3n) is 4.68. The van der Waals surface area contributed by atoms with E-state index in [1.165, 1.54) is 42.6 Å². The number of pyridine rings is 1. The summed E-state index contributed by atoms with van der Waals surface area (Å²) in [5.74, 6) is -0.540. The molecular formula is C18H19F3N6O3S. The normalized spacial score (nSPS) is 12.4. The third kappa shape index (κ3) is 4.09. The molecular weight excluding hydrogens is 437 g/mol. The number of hydrogen-bond donors (Lipinski definition) is 0. The molecule has 0 aliphatic heterocycles. The quantitative estimate of drug-likeness (QED) is 0.580. The van der Waals surface area contributed by atoms with Gasteiger partial charge in [0.05, 0.1) is 22.5 Å². The zero-order valence-corrected chi connectivity index (χ0v) is 17.9. The van der Waals surface area contributed by atoms with Crippen LogP contribution < -0.4 is 4.90 Å². The van der Waals surface area contributed by atoms with Crippen LogP contribution in [0.3, 0.4) is 0 Å². The maximum Gasteiger partial charge on any atom is 0.435 e. The first kappa shape index (κ1) is 22.6. The summed E-state index contributed by atoms with van der Waals surface area (Å²) in [6, 6.07) is 2.06. The van der Waals surface area contributed by atoms with Crippen molar-refractivity contribution in [2.45, 2.75) is 31.8 Å². The molecule has 1 amide bonds. The van der Waals surface area contributed by atoms with Gasteiger partial charge in [0.2, 0.25) is 5.91 Å². The molecule has 0 atom stereocenters. The Kier molecular flexibility index (Phi) is 5.74. The second-order valence-corrected chi connectivity index (χ2v) is 8.88. The molecule has 0 saturated carbocycles. The van der Waals surface area contributed by atoms with Crippen LogP contribution in [0.25, 0.3) is 22.7 Å². The molecule has 0 fully saturated rings. The number of anilines is 1. The molecule has 0 radical (unpaired) electrons. The standard InChI is InChI=1S/C18H19F3N6O3S/c1-5-27(10(3)28)11-7-13(31(29,30)6-2)15(22-9-11)17-23-12-8-14(18(19,20)21)24-25-16(12)26(17)4/h7-9H,5-6H2,1-4H3. The molecule has 0 saturated heterocycles. The number of aryl methyl sites for hydroxylation is 1. The molecule has 0 spiro atoms. The Balaban J connectivity index is 2.28. The van der Waals surface area contributed by atoms with Crippen LogP contribution in [0.15, 0.2) is 23.2 Å². The molecule has 0 bridgehead atoms. The minimum absolute atomic E-state index is 0.00747. The van der Waals surface area contributed by atoms with Crippen LogP contribution in [0.1, 0.15) is 26.5 Å². The lowest BCUT2D eigenvalue weighted by Gasteiger charge is -2.20. The molecule has 0 unspecified atom stereocenters. The van der Waals surface area contributed by atoms with Crippen molar-refractivity contribution in [2.24, 2.45) is 7.05 Å². The second-order valence-electron chi connectivity index (χ2n) is 6.64. The smallest absolute Gasteiger partial charge is 0.311 e. The highest BCUT2D eigenvalue weighted by molar-refractivity contribution is 7.91. The van der Waals surface area contributed by atoms with Crippen LogP contribution in [0.5, 0.6) is 0 Å². The predicted octanol–water partition coefficient (Wildman–Crippen LogP) is 2.61. The van der Waals surface area contributed by atoms with Gasteiger partial charge in [-0.1, -0.05) is 6.92 Å². The zero-order chi connectivity index (χ0) is 23.1. The van der Waals surface area contributed by atoms with Crippen LogP contribution in [-0.2, 0) is 27.9 Å². The topological polar surface area (TPSA) is 111 Å². The first-order valence-electron chi connectivity index (χ1n) is 9.19. The van der Waals surface area contributed by atoms with E-state index in [2.05, 4.69) is 20.2 Å². The van der Waals surface area contributed by atoms with Crippen LogP contribution >= 0.6 is 0 Å². The lowest BCUT2D eigenvalue weighted by atomic mass is 10.3. The molecule has 3 rings (SSSR count). The van der Waals surface area contributed by atoms with Crippen LogP contribution in [0, 0.1) is 0 Å². The second kappa shape index (κ2) is 7.87. The number of rotatable bonds is 5. The summed E-state index contributed by atoms with van der Waals surface area (Å²) in [5, 5.41) is 6.77. The molecule has 9 nitrogen and oxygen atoms in total. The molecule has 0 aromatic carbocycles. The van der Waals surface area contributed by atoms with Gasteiger partial charge in [-0.3, -0.25) is 4.79 Å². The van der Waals surface area contributed by atoms with Gasteiger partial charge in [0.1, 0.15) is 11.2 Å². The van der Waals surface area contributed by atoms with Crippen molar-refractivity contribution in [3.05, 3.63) is 24.0 Å². The SMILES string of the molecule is CCN(C(C)=O)c1cnc(-c2nc3cc(C(F)(F)F)nnc3n2C)c(S(=O)(=O)CC)c1. The van der Waals surface area contributed by atoms with Gasteiger partial charge in [0.25, 0.3) is 0 Å². The van der Waals surface area contributed by atoms with Gasteiger partial charge in [0, 0.05) is 26.6 Å². The molecule has 13 heteroatoms. The van der Waals surface area contributed by atoms with E-state index in [4.69, 9.17) is 0 Å². The minimum atomic E-state index is -4.70. The maximum absolute atomic E-state index is 13.0. The fourth-order valence-corrected chi connectivity index (χ4v) is 4.12. The number of halogens is 3. The van der Waals surface area contributed by atoms with Gasteiger partial charge in [0.15, 0.2) is 27.0 Å². The highest BCUT2D eigenvalue weighted by atomic mass is 32.2. The van der Waals surface area contributed by atoms with E-state index in [9.17, 15) is 26.4 Å². The maximum atomic E-state index is 13.0. The summed E-state index contributed by atoms with van der Waals surface area (Å²) in [4.78, 5) is 21.4. The van der Waals surface area contributed by atoms with Gasteiger partial charge < -0.3 is 9.47 Å². The number of sulfone groups is 1. The first-order valence-corrected chi connectivity index (χ1v) is 10.8. The van der Waals surface area contributed by atoms with Gasteiger partial charge in [-0.05, 0) is 13.0 Å². The van der Waals surface area contributed by atoms with Gasteiger partial charge in [-0.2, -0.15) is 13.2 Å². The molecule has 166 valence electrons. The molecule has 31 heavy (non-hydrogen) atoms. The number of hydrogen-bond acceptors (Lipinski definition) is 7. The summed E-state index contributed by atoms with van der Waals surface area (Å²) >= 11 is 0. The Morgan fingerprint density at radius 3 is 2.42 bits per heavy atom. The lowest BCUT2D eigenvalue weighted by Crippen LogP contribution is -2.28. The number of fused-ring (bicyclic) bond motifs is 1. The summed E-state index contributed by atoms with van der Waals surface area (Å²) in [6.07, 6.45) is -3.38. The predicted molar refractivity (Wildman–Crippen MR) is 106 cm³/mol. The van der Waals surface area contributed by atoms with Crippen LogP contribution in [0.2, 0.25) is 0 Å². The highest BCUT2D eigenvalue weighted by Gasteiger charge is 2.34. The fraction of sp³-hybridized carbons (Fsp3) is 0.389. The Labute approximate surface area is 175 Å². The highest BCUT2D eigenvalue weighted by Crippen LogP contribution is 2.32. The van der Waals surface area contributed by atoms with E-state index >= 15 is 0 Å². The Hall–Kier alpha value is -3.09. The molecule has 3 aromatic heterocycles. The van der Waals surface area contributed by atoms with E-state index in [-0.39, 0.29) is 44.9 Å². The van der Waals surface area contributed by atoms with Crippen molar-refractivity contribution >= 4 is 32.6 Å². The number of aromatic nitrogens is 5. The Morgan fingerprint density at radius 2 is 1.87 bits per heavy atom. The first-order chi connectivity index (χ1) is 14.4. The van der Waals surface area contributed by atoms with Crippen molar-refractivity contribution in [3.8, 4) is 11.5 Å². The van der Waals surface area contributed by atoms with Crippen molar-refractivity contribution in [1.29, 1.82) is 0 Å². The van der Waals surface area contributed by atoms with E-state index in [1.54, 1.807) is 6.92 Å². The van der Waals surface area contributed by atoms with E-state index in [0.29, 0.717) is 6.54 Å². The monoisotopic (exact) mass is 456 g/mol. The Morgan fingerprint density at radius 1 is 1.19 bits per heavy atom. The molecule has 3 aromatic rings. The number of carbonyl (C=O) groups excluding carboxylic acids is 1. The zero-order valence-electron chi connectivity index (χ0n) is 17.1. The Bertz CT molecular complexity index is 1270. The van der Waals surface area contributed by atoms with E-state index < -0.39 is 21.7 Å². The van der Waals surface area contributed by atoms with Crippen molar-refractivity contribution in [1.82, 2.24) is 24.7 Å². The minimum Gasteiger partial charge on any atom is -0.311 e. The van der Waals surface area contributed by atoms with Gasteiger partial charge in [-0.25, -0.2) is 18.4 Å². The average Bonchev–Trinajstić information content (AvgIpc) is 3.03. The van der Waals surface area contributed by atoms with Crippen LogP contribution in [0.4, 0.5) is 18.9 Å². The van der Waals surface area contributed by atoms with E-state index in [1.807, 2.05) is 0 Å². The number of nitrogens with zero attached hydrogens (tertiary/aromatic N) is 6. The number of amides is 1. The largest absolute Gasteiger partial charge is 0.435 e. The van der Waals surface area contributed by atoms with Gasteiger partial charge >= 0.3 is 6.18 Å². The van der Waals surface area contributed by atoms with Crippen LogP contribution in [-0.4, -0.2) is 51.4 Å².